The third-order valence-electron chi connectivity index (χ3n) is 3.24. The van der Waals surface area contributed by atoms with Crippen molar-refractivity contribution in [2.75, 3.05) is 14.2 Å². The van der Waals surface area contributed by atoms with E-state index in [-0.39, 0.29) is 23.5 Å². The number of ether oxygens (including phenoxy) is 2. The van der Waals surface area contributed by atoms with E-state index >= 15 is 0 Å². The van der Waals surface area contributed by atoms with E-state index in [1.54, 1.807) is 24.3 Å². The summed E-state index contributed by atoms with van der Waals surface area (Å²) in [5.41, 5.74) is 0.484. The Kier molecular flexibility index (Phi) is 4.78. The molecule has 0 saturated heterocycles. The van der Waals surface area contributed by atoms with Crippen LogP contribution in [-0.4, -0.2) is 30.9 Å². The van der Waals surface area contributed by atoms with Crippen molar-refractivity contribution in [1.82, 2.24) is 0 Å². The van der Waals surface area contributed by atoms with Gasteiger partial charge in [-0.15, -0.1) is 0 Å². The van der Waals surface area contributed by atoms with Gasteiger partial charge in [-0.1, -0.05) is 0 Å². The van der Waals surface area contributed by atoms with Crippen LogP contribution in [0.4, 0.5) is 0 Å². The molecule has 2 rings (SSSR count). The van der Waals surface area contributed by atoms with Gasteiger partial charge in [0.2, 0.25) is 0 Å². The molecule has 0 radical (unpaired) electrons. The minimum atomic E-state index is -0.461. The first kappa shape index (κ1) is 15.6. The Bertz CT molecular complexity index is 689. The molecular weight excluding hydrogens is 284 g/mol. The molecule has 0 spiro atoms. The Morgan fingerprint density at radius 1 is 0.909 bits per heavy atom. The van der Waals surface area contributed by atoms with Crippen molar-refractivity contribution in [2.45, 2.75) is 6.42 Å². The number of hydrogen-bond acceptors (Lipinski definition) is 5. The van der Waals surface area contributed by atoms with Crippen LogP contribution < -0.4 is 9.47 Å². The van der Waals surface area contributed by atoms with Crippen molar-refractivity contribution < 1.29 is 24.2 Å². The minimum Gasteiger partial charge on any atom is -0.507 e. The molecule has 0 bridgehead atoms. The predicted molar refractivity (Wildman–Crippen MR) is 80.9 cm³/mol. The quantitative estimate of drug-likeness (QED) is 0.656. The van der Waals surface area contributed by atoms with Gasteiger partial charge in [-0.25, -0.2) is 0 Å². The smallest absolute Gasteiger partial charge is 0.174 e. The zero-order chi connectivity index (χ0) is 16.1. The van der Waals surface area contributed by atoms with Crippen LogP contribution >= 0.6 is 0 Å². The van der Waals surface area contributed by atoms with Crippen molar-refractivity contribution in [3.63, 3.8) is 0 Å². The van der Waals surface area contributed by atoms with Crippen molar-refractivity contribution >= 4 is 11.6 Å². The van der Waals surface area contributed by atoms with Gasteiger partial charge >= 0.3 is 0 Å². The number of aromatic hydroxyl groups is 1. The summed E-state index contributed by atoms with van der Waals surface area (Å²) in [6, 6.07) is 10.8. The maximum Gasteiger partial charge on any atom is 0.174 e. The first-order chi connectivity index (χ1) is 10.5. The average molecular weight is 300 g/mol. The fraction of sp³-hybridized carbons (Fsp3) is 0.176. The normalized spacial score (nSPS) is 10.1. The number of rotatable bonds is 6. The second-order valence-electron chi connectivity index (χ2n) is 4.63. The fourth-order valence-electron chi connectivity index (χ4n) is 1.99. The van der Waals surface area contributed by atoms with E-state index in [1.807, 2.05) is 0 Å². The zero-order valence-corrected chi connectivity index (χ0v) is 12.3. The van der Waals surface area contributed by atoms with Crippen LogP contribution in [0.5, 0.6) is 17.2 Å². The lowest BCUT2D eigenvalue weighted by molar-refractivity contribution is 0.0893. The van der Waals surface area contributed by atoms with Crippen molar-refractivity contribution in [3.8, 4) is 17.2 Å². The topological polar surface area (TPSA) is 72.8 Å². The Hall–Kier alpha value is -2.82. The van der Waals surface area contributed by atoms with Crippen LogP contribution in [0.2, 0.25) is 0 Å². The number of carbonyl (C=O) groups excluding carboxylic acids is 2. The van der Waals surface area contributed by atoms with E-state index < -0.39 is 5.78 Å². The lowest BCUT2D eigenvalue weighted by Gasteiger charge is -2.07. The van der Waals surface area contributed by atoms with E-state index in [0.29, 0.717) is 17.1 Å². The van der Waals surface area contributed by atoms with E-state index in [4.69, 9.17) is 9.47 Å². The van der Waals surface area contributed by atoms with Crippen LogP contribution in [0.15, 0.2) is 42.5 Å². The largest absolute Gasteiger partial charge is 0.507 e. The van der Waals surface area contributed by atoms with Crippen molar-refractivity contribution in [3.05, 3.63) is 53.6 Å². The van der Waals surface area contributed by atoms with Gasteiger partial charge in [0.15, 0.2) is 11.6 Å². The summed E-state index contributed by atoms with van der Waals surface area (Å²) < 4.78 is 10.0. The fourth-order valence-corrected chi connectivity index (χ4v) is 1.99. The number of phenolic OH excluding ortho intramolecular Hbond substituents is 1. The SMILES string of the molecule is COc1ccc(C(=O)CC(=O)c2cc(OC)ccc2O)cc1. The molecule has 2 aromatic rings. The van der Waals surface area contributed by atoms with Gasteiger partial charge in [0.1, 0.15) is 17.2 Å². The Balaban J connectivity index is 2.15. The molecule has 5 heteroatoms. The van der Waals surface area contributed by atoms with Crippen molar-refractivity contribution in [1.29, 1.82) is 0 Å². The number of methoxy groups -OCH3 is 2. The first-order valence-electron chi connectivity index (χ1n) is 6.62. The highest BCUT2D eigenvalue weighted by molar-refractivity contribution is 6.14. The number of phenols is 1. The van der Waals surface area contributed by atoms with Crippen LogP contribution in [0.3, 0.4) is 0 Å². The van der Waals surface area contributed by atoms with Gasteiger partial charge in [-0.05, 0) is 42.5 Å². The number of carbonyl (C=O) groups is 2. The van der Waals surface area contributed by atoms with Gasteiger partial charge in [-0.3, -0.25) is 9.59 Å². The highest BCUT2D eigenvalue weighted by atomic mass is 16.5. The third kappa shape index (κ3) is 3.44. The zero-order valence-electron chi connectivity index (χ0n) is 12.3. The molecule has 0 fully saturated rings. The monoisotopic (exact) mass is 300 g/mol. The van der Waals surface area contributed by atoms with E-state index in [0.717, 1.165) is 0 Å². The molecule has 0 amide bonds. The predicted octanol–water partition coefficient (Wildman–Crippen LogP) is 2.87. The molecule has 0 saturated carbocycles. The van der Waals surface area contributed by atoms with Gasteiger partial charge in [0.05, 0.1) is 26.2 Å². The summed E-state index contributed by atoms with van der Waals surface area (Å²) >= 11 is 0. The summed E-state index contributed by atoms with van der Waals surface area (Å²) in [6.45, 7) is 0. The average Bonchev–Trinajstić information content (AvgIpc) is 2.55. The highest BCUT2D eigenvalue weighted by Crippen LogP contribution is 2.24. The summed E-state index contributed by atoms with van der Waals surface area (Å²) in [6.07, 6.45) is -0.326. The van der Waals surface area contributed by atoms with E-state index in [2.05, 4.69) is 0 Å². The maximum atomic E-state index is 12.2. The lowest BCUT2D eigenvalue weighted by atomic mass is 10.0. The lowest BCUT2D eigenvalue weighted by Crippen LogP contribution is -2.09. The Morgan fingerprint density at radius 3 is 2.09 bits per heavy atom. The Morgan fingerprint density at radius 2 is 1.50 bits per heavy atom. The minimum absolute atomic E-state index is 0.0706. The molecule has 0 atom stereocenters. The van der Waals surface area contributed by atoms with Gasteiger partial charge in [-0.2, -0.15) is 0 Å². The van der Waals surface area contributed by atoms with Gasteiger partial charge in [0, 0.05) is 5.56 Å². The molecule has 2 aromatic carbocycles. The summed E-state index contributed by atoms with van der Waals surface area (Å²) in [7, 11) is 3.00. The second kappa shape index (κ2) is 6.76. The summed E-state index contributed by atoms with van der Waals surface area (Å²) in [4.78, 5) is 24.3. The van der Waals surface area contributed by atoms with Gasteiger partial charge < -0.3 is 14.6 Å². The number of ketones is 2. The molecular formula is C17H16O5. The molecule has 114 valence electrons. The second-order valence-corrected chi connectivity index (χ2v) is 4.63. The standard InChI is InChI=1S/C17H16O5/c1-21-12-5-3-11(4-6-12)16(19)10-17(20)14-9-13(22-2)7-8-15(14)18/h3-9,18H,10H2,1-2H3. The van der Waals surface area contributed by atoms with Crippen LogP contribution in [0, 0.1) is 0 Å². The van der Waals surface area contributed by atoms with Crippen LogP contribution in [0.25, 0.3) is 0 Å². The molecule has 0 heterocycles. The van der Waals surface area contributed by atoms with Crippen LogP contribution in [0.1, 0.15) is 27.1 Å². The summed E-state index contributed by atoms with van der Waals surface area (Å²) in [5.74, 6) is 0.117. The molecule has 0 aliphatic rings. The third-order valence-corrected chi connectivity index (χ3v) is 3.24. The maximum absolute atomic E-state index is 12.2. The molecule has 5 nitrogen and oxygen atoms in total. The molecule has 0 unspecified atom stereocenters. The van der Waals surface area contributed by atoms with Crippen LogP contribution in [-0.2, 0) is 0 Å². The van der Waals surface area contributed by atoms with E-state index in [9.17, 15) is 14.7 Å². The molecule has 1 N–H and O–H groups in total. The first-order valence-corrected chi connectivity index (χ1v) is 6.62. The number of hydrogen-bond donors (Lipinski definition) is 1. The molecule has 22 heavy (non-hydrogen) atoms. The molecule has 0 aliphatic carbocycles. The highest BCUT2D eigenvalue weighted by Gasteiger charge is 2.17. The Labute approximate surface area is 128 Å². The number of Topliss-reactive ketones (excluding diaryl/α,β-unsaturated/α-hetero) is 2. The number of benzene rings is 2. The van der Waals surface area contributed by atoms with E-state index in [1.165, 1.54) is 32.4 Å². The molecule has 0 aromatic heterocycles. The summed E-state index contributed by atoms with van der Waals surface area (Å²) in [5, 5.41) is 9.75. The van der Waals surface area contributed by atoms with Crippen molar-refractivity contribution in [2.24, 2.45) is 0 Å². The van der Waals surface area contributed by atoms with Gasteiger partial charge in [0.25, 0.3) is 0 Å². The molecule has 0 aliphatic heterocycles.